The van der Waals surface area contributed by atoms with Crippen LogP contribution in [0.3, 0.4) is 0 Å². The summed E-state index contributed by atoms with van der Waals surface area (Å²) in [6.07, 6.45) is 0. The number of nitrogens with one attached hydrogen (secondary N) is 2. The highest BCUT2D eigenvalue weighted by atomic mass is 32.2. The maximum atomic E-state index is 12.1. The summed E-state index contributed by atoms with van der Waals surface area (Å²) >= 11 is 0. The van der Waals surface area contributed by atoms with E-state index in [1.807, 2.05) is 4.72 Å². The van der Waals surface area contributed by atoms with E-state index < -0.39 is 16.1 Å². The number of amides is 2. The highest BCUT2D eigenvalue weighted by Gasteiger charge is 2.19. The minimum absolute atomic E-state index is 0.0623. The van der Waals surface area contributed by atoms with Crippen LogP contribution in [0.2, 0.25) is 0 Å². The number of benzene rings is 2. The Morgan fingerprint density at radius 2 is 1.73 bits per heavy atom. The number of urea groups is 1. The van der Waals surface area contributed by atoms with E-state index in [1.165, 1.54) is 25.3 Å². The quantitative estimate of drug-likeness (QED) is 0.744. The first kappa shape index (κ1) is 15.6. The molecule has 22 heavy (non-hydrogen) atoms. The van der Waals surface area contributed by atoms with Crippen LogP contribution in [0.1, 0.15) is 0 Å². The summed E-state index contributed by atoms with van der Waals surface area (Å²) in [6.45, 7) is 0. The molecule has 0 aliphatic heterocycles. The minimum Gasteiger partial charge on any atom is -0.497 e. The zero-order valence-corrected chi connectivity index (χ0v) is 12.6. The molecule has 0 aliphatic rings. The van der Waals surface area contributed by atoms with Crippen LogP contribution in [0, 0.1) is 0 Å². The zero-order valence-electron chi connectivity index (χ0n) is 11.7. The predicted octanol–water partition coefficient (Wildman–Crippen LogP) is 1.79. The standard InChI is InChI=1S/C14H15N3O4S/c1-21-11-8-6-10(7-9-11)16-14(18)17-22(19,20)13-5-3-2-4-12(13)15/h2-9H,15H2,1H3,(H2,16,17,18). The van der Waals surface area contributed by atoms with Crippen molar-refractivity contribution in [2.24, 2.45) is 0 Å². The Hall–Kier alpha value is -2.74. The predicted molar refractivity (Wildman–Crippen MR) is 83.2 cm³/mol. The van der Waals surface area contributed by atoms with Crippen LogP contribution in [-0.4, -0.2) is 21.6 Å². The summed E-state index contributed by atoms with van der Waals surface area (Å²) in [5.41, 5.74) is 6.09. The van der Waals surface area contributed by atoms with Crippen LogP contribution in [0.4, 0.5) is 16.2 Å². The van der Waals surface area contributed by atoms with E-state index in [4.69, 9.17) is 10.5 Å². The van der Waals surface area contributed by atoms with Crippen molar-refractivity contribution in [2.75, 3.05) is 18.2 Å². The third-order valence-electron chi connectivity index (χ3n) is 2.78. The van der Waals surface area contributed by atoms with Crippen molar-refractivity contribution < 1.29 is 17.9 Å². The van der Waals surface area contributed by atoms with Gasteiger partial charge in [-0.1, -0.05) is 12.1 Å². The molecule has 0 aromatic heterocycles. The molecule has 0 fully saturated rings. The van der Waals surface area contributed by atoms with E-state index in [0.29, 0.717) is 11.4 Å². The van der Waals surface area contributed by atoms with Gasteiger partial charge in [-0.3, -0.25) is 0 Å². The van der Waals surface area contributed by atoms with Crippen LogP contribution >= 0.6 is 0 Å². The van der Waals surface area contributed by atoms with E-state index in [-0.39, 0.29) is 10.6 Å². The molecule has 0 unspecified atom stereocenters. The summed E-state index contributed by atoms with van der Waals surface area (Å²) in [6, 6.07) is 11.4. The maximum Gasteiger partial charge on any atom is 0.333 e. The van der Waals surface area contributed by atoms with Crippen molar-refractivity contribution >= 4 is 27.4 Å². The number of anilines is 2. The summed E-state index contributed by atoms with van der Waals surface area (Å²) < 4.78 is 31.1. The molecule has 0 saturated heterocycles. The Morgan fingerprint density at radius 3 is 2.32 bits per heavy atom. The lowest BCUT2D eigenvalue weighted by atomic mass is 10.3. The second kappa shape index (κ2) is 6.35. The fraction of sp³-hybridized carbons (Fsp3) is 0.0714. The molecule has 0 radical (unpaired) electrons. The average Bonchev–Trinajstić information content (AvgIpc) is 2.47. The maximum absolute atomic E-state index is 12.1. The molecule has 4 N–H and O–H groups in total. The largest absolute Gasteiger partial charge is 0.497 e. The summed E-state index contributed by atoms with van der Waals surface area (Å²) in [7, 11) is -2.52. The molecule has 2 amide bonds. The number of hydrogen-bond donors (Lipinski definition) is 3. The van der Waals surface area contributed by atoms with Crippen LogP contribution in [-0.2, 0) is 10.0 Å². The molecule has 0 aliphatic carbocycles. The van der Waals surface area contributed by atoms with Crippen LogP contribution < -0.4 is 20.5 Å². The van der Waals surface area contributed by atoms with Gasteiger partial charge in [-0.05, 0) is 36.4 Å². The summed E-state index contributed by atoms with van der Waals surface area (Å²) in [5, 5.41) is 2.41. The second-order valence-corrected chi connectivity index (χ2v) is 5.98. The van der Waals surface area contributed by atoms with Crippen molar-refractivity contribution in [3.05, 3.63) is 48.5 Å². The molecule has 7 nitrogen and oxygen atoms in total. The molecule has 0 heterocycles. The minimum atomic E-state index is -4.03. The zero-order chi connectivity index (χ0) is 16.2. The van der Waals surface area contributed by atoms with Crippen molar-refractivity contribution in [1.29, 1.82) is 0 Å². The van der Waals surface area contributed by atoms with Gasteiger partial charge in [0, 0.05) is 5.69 Å². The number of ether oxygens (including phenoxy) is 1. The van der Waals surface area contributed by atoms with Gasteiger partial charge in [-0.15, -0.1) is 0 Å². The van der Waals surface area contributed by atoms with Crippen LogP contribution in [0.25, 0.3) is 0 Å². The first-order valence-electron chi connectivity index (χ1n) is 6.25. The highest BCUT2D eigenvalue weighted by molar-refractivity contribution is 7.90. The molecular weight excluding hydrogens is 306 g/mol. The van der Waals surface area contributed by atoms with Gasteiger partial charge in [0.2, 0.25) is 0 Å². The Labute approximate surface area is 128 Å². The summed E-state index contributed by atoms with van der Waals surface area (Å²) in [4.78, 5) is 11.6. The number of carbonyl (C=O) groups is 1. The van der Waals surface area contributed by atoms with E-state index >= 15 is 0 Å². The van der Waals surface area contributed by atoms with Crippen LogP contribution in [0.5, 0.6) is 5.75 Å². The molecule has 0 spiro atoms. The fourth-order valence-electron chi connectivity index (χ4n) is 1.73. The molecule has 2 aromatic rings. The number of sulfonamides is 1. The molecule has 116 valence electrons. The van der Waals surface area contributed by atoms with Gasteiger partial charge in [0.15, 0.2) is 0 Å². The second-order valence-electron chi connectivity index (χ2n) is 4.33. The summed E-state index contributed by atoms with van der Waals surface area (Å²) in [5.74, 6) is 0.621. The third-order valence-corrected chi connectivity index (χ3v) is 4.19. The number of hydrogen-bond acceptors (Lipinski definition) is 5. The number of nitrogen functional groups attached to an aromatic ring is 1. The first-order chi connectivity index (χ1) is 10.4. The van der Waals surface area contributed by atoms with E-state index in [0.717, 1.165) is 0 Å². The monoisotopic (exact) mass is 321 g/mol. The van der Waals surface area contributed by atoms with Crippen molar-refractivity contribution in [3.8, 4) is 5.75 Å². The van der Waals surface area contributed by atoms with Crippen LogP contribution in [0.15, 0.2) is 53.4 Å². The Morgan fingerprint density at radius 1 is 1.09 bits per heavy atom. The van der Waals surface area contributed by atoms with Gasteiger partial charge in [0.25, 0.3) is 10.0 Å². The molecule has 2 aromatic carbocycles. The molecule has 0 atom stereocenters. The molecule has 0 saturated carbocycles. The van der Waals surface area contributed by atoms with Gasteiger partial charge in [0.1, 0.15) is 10.6 Å². The smallest absolute Gasteiger partial charge is 0.333 e. The topological polar surface area (TPSA) is 111 Å². The number of methoxy groups -OCH3 is 1. The lowest BCUT2D eigenvalue weighted by Crippen LogP contribution is -2.34. The molecule has 2 rings (SSSR count). The van der Waals surface area contributed by atoms with Gasteiger partial charge in [-0.2, -0.15) is 0 Å². The van der Waals surface area contributed by atoms with Gasteiger partial charge >= 0.3 is 6.03 Å². The molecule has 8 heteroatoms. The number of nitrogens with two attached hydrogens (primary N) is 1. The van der Waals surface area contributed by atoms with E-state index in [9.17, 15) is 13.2 Å². The average molecular weight is 321 g/mol. The SMILES string of the molecule is COc1ccc(NC(=O)NS(=O)(=O)c2ccccc2N)cc1. The Kier molecular flexibility index (Phi) is 4.52. The fourth-order valence-corrected chi connectivity index (χ4v) is 2.77. The lowest BCUT2D eigenvalue weighted by Gasteiger charge is -2.10. The normalized spacial score (nSPS) is 10.8. The third kappa shape index (κ3) is 3.67. The van der Waals surface area contributed by atoms with Gasteiger partial charge in [0.05, 0.1) is 12.8 Å². The Bertz CT molecular complexity index is 773. The van der Waals surface area contributed by atoms with Gasteiger partial charge in [-0.25, -0.2) is 17.9 Å². The molecule has 0 bridgehead atoms. The van der Waals surface area contributed by atoms with Crippen molar-refractivity contribution in [2.45, 2.75) is 4.90 Å². The van der Waals surface area contributed by atoms with E-state index in [1.54, 1.807) is 30.3 Å². The highest BCUT2D eigenvalue weighted by Crippen LogP contribution is 2.18. The van der Waals surface area contributed by atoms with Gasteiger partial charge < -0.3 is 15.8 Å². The Balaban J connectivity index is 2.09. The van der Waals surface area contributed by atoms with Crippen molar-refractivity contribution in [3.63, 3.8) is 0 Å². The van der Waals surface area contributed by atoms with Crippen molar-refractivity contribution in [1.82, 2.24) is 4.72 Å². The van der Waals surface area contributed by atoms with E-state index in [2.05, 4.69) is 5.32 Å². The lowest BCUT2D eigenvalue weighted by molar-refractivity contribution is 0.256. The first-order valence-corrected chi connectivity index (χ1v) is 7.73. The number of carbonyl (C=O) groups excluding carboxylic acids is 1. The number of rotatable bonds is 4. The molecular formula is C14H15N3O4S. The number of para-hydroxylation sites is 1.